The first-order valence-corrected chi connectivity index (χ1v) is 8.21. The van der Waals surface area contributed by atoms with Gasteiger partial charge in [0.25, 0.3) is 0 Å². The maximum atomic E-state index is 6.05. The van der Waals surface area contributed by atoms with Crippen molar-refractivity contribution in [2.24, 2.45) is 10.9 Å². The van der Waals surface area contributed by atoms with Gasteiger partial charge in [-0.1, -0.05) is 43.0 Å². The molecule has 1 aliphatic heterocycles. The summed E-state index contributed by atoms with van der Waals surface area (Å²) < 4.78 is 11.8. The Hall–Kier alpha value is -2.03. The van der Waals surface area contributed by atoms with Gasteiger partial charge >= 0.3 is 0 Å². The van der Waals surface area contributed by atoms with E-state index in [2.05, 4.69) is 63.8 Å². The van der Waals surface area contributed by atoms with Crippen molar-refractivity contribution in [2.45, 2.75) is 38.6 Å². The number of hydrogen-bond acceptors (Lipinski definition) is 3. The minimum atomic E-state index is -0.397. The lowest BCUT2D eigenvalue weighted by Gasteiger charge is -2.39. The molecule has 0 spiro atoms. The third kappa shape index (κ3) is 2.58. The fourth-order valence-electron chi connectivity index (χ4n) is 3.48. The molecule has 3 rings (SSSR count). The van der Waals surface area contributed by atoms with Crippen LogP contribution in [0.4, 0.5) is 0 Å². The summed E-state index contributed by atoms with van der Waals surface area (Å²) in [6, 6.07) is 8.41. The molecule has 3 nitrogen and oxygen atoms in total. The first kappa shape index (κ1) is 15.9. The van der Waals surface area contributed by atoms with Gasteiger partial charge < -0.3 is 9.47 Å². The first-order valence-electron chi connectivity index (χ1n) is 8.21. The Labute approximate surface area is 138 Å². The summed E-state index contributed by atoms with van der Waals surface area (Å²) in [6.45, 7) is 13.7. The highest BCUT2D eigenvalue weighted by atomic mass is 16.5. The largest absolute Gasteiger partial charge is 0.498 e. The second-order valence-corrected chi connectivity index (χ2v) is 7.04. The van der Waals surface area contributed by atoms with Crippen molar-refractivity contribution in [1.82, 2.24) is 0 Å². The molecule has 0 unspecified atom stereocenters. The van der Waals surface area contributed by atoms with Crippen LogP contribution in [0.2, 0.25) is 0 Å². The zero-order chi connectivity index (χ0) is 16.7. The van der Waals surface area contributed by atoms with Crippen LogP contribution in [0.15, 0.2) is 47.7 Å². The summed E-state index contributed by atoms with van der Waals surface area (Å²) in [4.78, 5) is 4.87. The van der Waals surface area contributed by atoms with E-state index in [-0.39, 0.29) is 11.5 Å². The number of rotatable bonds is 4. The van der Waals surface area contributed by atoms with E-state index in [1.807, 2.05) is 6.92 Å². The standard InChI is InChI=1S/C20H25NO2/c1-6-22-14(2)16-12-11-15-9-7-8-10-17(15)20(16,5)18-21-19(3,4)13-23-18/h7-12,16H,2,6,13H2,1,3-5H3/t16-,20+/m1/s1. The van der Waals surface area contributed by atoms with Crippen molar-refractivity contribution in [1.29, 1.82) is 0 Å². The molecule has 0 saturated heterocycles. The molecule has 1 aliphatic carbocycles. The average molecular weight is 311 g/mol. The van der Waals surface area contributed by atoms with Gasteiger partial charge in [0.05, 0.1) is 29.2 Å². The lowest BCUT2D eigenvalue weighted by Crippen LogP contribution is -2.43. The molecule has 3 heteroatoms. The van der Waals surface area contributed by atoms with E-state index >= 15 is 0 Å². The highest BCUT2D eigenvalue weighted by molar-refractivity contribution is 5.92. The van der Waals surface area contributed by atoms with E-state index in [0.29, 0.717) is 13.2 Å². The summed E-state index contributed by atoms with van der Waals surface area (Å²) in [5, 5.41) is 0. The van der Waals surface area contributed by atoms with Crippen molar-refractivity contribution in [3.63, 3.8) is 0 Å². The van der Waals surface area contributed by atoms with E-state index in [9.17, 15) is 0 Å². The van der Waals surface area contributed by atoms with Crippen LogP contribution in [-0.4, -0.2) is 24.7 Å². The van der Waals surface area contributed by atoms with Crippen LogP contribution in [0.25, 0.3) is 6.08 Å². The Morgan fingerprint density at radius 1 is 1.35 bits per heavy atom. The van der Waals surface area contributed by atoms with Crippen LogP contribution in [0, 0.1) is 5.92 Å². The van der Waals surface area contributed by atoms with E-state index in [0.717, 1.165) is 11.7 Å². The number of benzene rings is 1. The van der Waals surface area contributed by atoms with E-state index < -0.39 is 5.41 Å². The normalized spacial score (nSPS) is 27.8. The zero-order valence-electron chi connectivity index (χ0n) is 14.4. The molecular weight excluding hydrogens is 286 g/mol. The Kier molecular flexibility index (Phi) is 3.83. The van der Waals surface area contributed by atoms with Gasteiger partial charge in [-0.2, -0.15) is 0 Å². The number of hydrogen-bond donors (Lipinski definition) is 0. The Morgan fingerprint density at radius 2 is 2.09 bits per heavy atom. The summed E-state index contributed by atoms with van der Waals surface area (Å²) in [5.74, 6) is 1.55. The molecule has 0 N–H and O–H groups in total. The maximum Gasteiger partial charge on any atom is 0.195 e. The molecule has 23 heavy (non-hydrogen) atoms. The van der Waals surface area contributed by atoms with Crippen LogP contribution in [0.3, 0.4) is 0 Å². The summed E-state index contributed by atoms with van der Waals surface area (Å²) in [6.07, 6.45) is 4.31. The highest BCUT2D eigenvalue weighted by Crippen LogP contribution is 2.46. The second-order valence-electron chi connectivity index (χ2n) is 7.04. The molecule has 2 aliphatic rings. The number of nitrogens with zero attached hydrogens (tertiary/aromatic N) is 1. The molecule has 0 fully saturated rings. The smallest absolute Gasteiger partial charge is 0.195 e. The van der Waals surface area contributed by atoms with E-state index in [1.54, 1.807) is 0 Å². The van der Waals surface area contributed by atoms with Crippen LogP contribution >= 0.6 is 0 Å². The molecule has 0 aromatic heterocycles. The van der Waals surface area contributed by atoms with Crippen LogP contribution in [-0.2, 0) is 14.9 Å². The highest BCUT2D eigenvalue weighted by Gasteiger charge is 2.48. The Bertz CT molecular complexity index is 687. The fraction of sp³-hybridized carbons (Fsp3) is 0.450. The average Bonchev–Trinajstić information content (AvgIpc) is 2.88. The molecule has 1 aromatic carbocycles. The van der Waals surface area contributed by atoms with Crippen LogP contribution in [0.5, 0.6) is 0 Å². The minimum absolute atomic E-state index is 0.00463. The molecule has 0 bridgehead atoms. The molecular formula is C20H25NO2. The Balaban J connectivity index is 2.14. The quantitative estimate of drug-likeness (QED) is 0.774. The molecule has 1 aromatic rings. The van der Waals surface area contributed by atoms with Crippen molar-refractivity contribution in [3.8, 4) is 0 Å². The third-order valence-electron chi connectivity index (χ3n) is 4.70. The maximum absolute atomic E-state index is 6.05. The zero-order valence-corrected chi connectivity index (χ0v) is 14.4. The SMILES string of the molecule is C=C(OCC)[C@H]1C=Cc2ccccc2[C@@]1(C)C1=NC(C)(C)CO1. The monoisotopic (exact) mass is 311 g/mol. The first-order chi connectivity index (χ1) is 10.9. The number of ether oxygens (including phenoxy) is 2. The lowest BCUT2D eigenvalue weighted by atomic mass is 9.66. The summed E-state index contributed by atoms with van der Waals surface area (Å²) >= 11 is 0. The lowest BCUT2D eigenvalue weighted by molar-refractivity contribution is 0.179. The molecule has 0 radical (unpaired) electrons. The number of allylic oxidation sites excluding steroid dienone is 1. The van der Waals surface area contributed by atoms with Crippen molar-refractivity contribution < 1.29 is 9.47 Å². The molecule has 1 heterocycles. The van der Waals surface area contributed by atoms with Crippen LogP contribution in [0.1, 0.15) is 38.8 Å². The van der Waals surface area contributed by atoms with Gasteiger partial charge in [0.2, 0.25) is 0 Å². The van der Waals surface area contributed by atoms with E-state index in [4.69, 9.17) is 14.5 Å². The predicted octanol–water partition coefficient (Wildman–Crippen LogP) is 4.34. The summed E-state index contributed by atoms with van der Waals surface area (Å²) in [7, 11) is 0. The van der Waals surface area contributed by atoms with Gasteiger partial charge in [-0.25, -0.2) is 4.99 Å². The molecule has 0 saturated carbocycles. The fourth-order valence-corrected chi connectivity index (χ4v) is 3.48. The van der Waals surface area contributed by atoms with Gasteiger partial charge in [0.1, 0.15) is 6.61 Å². The second kappa shape index (κ2) is 5.55. The van der Waals surface area contributed by atoms with Crippen molar-refractivity contribution in [2.75, 3.05) is 13.2 Å². The number of aliphatic imine (C=N–C) groups is 1. The van der Waals surface area contributed by atoms with Gasteiger partial charge in [-0.15, -0.1) is 0 Å². The van der Waals surface area contributed by atoms with Gasteiger partial charge in [-0.05, 0) is 38.8 Å². The third-order valence-corrected chi connectivity index (χ3v) is 4.70. The van der Waals surface area contributed by atoms with Crippen LogP contribution < -0.4 is 0 Å². The molecule has 122 valence electrons. The molecule has 2 atom stereocenters. The topological polar surface area (TPSA) is 30.8 Å². The van der Waals surface area contributed by atoms with Gasteiger partial charge in [0, 0.05) is 0 Å². The van der Waals surface area contributed by atoms with Gasteiger partial charge in [-0.3, -0.25) is 0 Å². The van der Waals surface area contributed by atoms with E-state index in [1.165, 1.54) is 11.1 Å². The molecule has 0 amide bonds. The summed E-state index contributed by atoms with van der Waals surface area (Å²) in [5.41, 5.74) is 1.83. The number of fused-ring (bicyclic) bond motifs is 1. The predicted molar refractivity (Wildman–Crippen MR) is 94.6 cm³/mol. The van der Waals surface area contributed by atoms with Crippen molar-refractivity contribution >= 4 is 12.0 Å². The minimum Gasteiger partial charge on any atom is -0.498 e. The van der Waals surface area contributed by atoms with Gasteiger partial charge in [0.15, 0.2) is 5.90 Å². The van der Waals surface area contributed by atoms with Crippen molar-refractivity contribution in [3.05, 3.63) is 53.8 Å². The Morgan fingerprint density at radius 3 is 2.74 bits per heavy atom.